The molecule has 1 aromatic carbocycles. The Labute approximate surface area is 128 Å². The van der Waals surface area contributed by atoms with Crippen LogP contribution in [0.3, 0.4) is 0 Å². The van der Waals surface area contributed by atoms with Crippen LogP contribution in [0.25, 0.3) is 10.9 Å². The monoisotopic (exact) mass is 284 g/mol. The van der Waals surface area contributed by atoms with Crippen molar-refractivity contribution in [1.29, 1.82) is 0 Å². The van der Waals surface area contributed by atoms with Gasteiger partial charge in [-0.05, 0) is 37.9 Å². The molecule has 0 unspecified atom stereocenters. The lowest BCUT2D eigenvalue weighted by Gasteiger charge is -2.04. The van der Waals surface area contributed by atoms with Gasteiger partial charge in [-0.1, -0.05) is 62.8 Å². The second-order valence-corrected chi connectivity index (χ2v) is 5.86. The third-order valence-corrected chi connectivity index (χ3v) is 4.04. The zero-order valence-corrected chi connectivity index (χ0v) is 13.1. The first kappa shape index (κ1) is 16.0. The van der Waals surface area contributed by atoms with Gasteiger partial charge in [-0.3, -0.25) is 4.98 Å². The highest BCUT2D eigenvalue weighted by atomic mass is 14.7. The maximum atomic E-state index is 5.49. The molecule has 2 rings (SSSR count). The second kappa shape index (κ2) is 9.51. The number of fused-ring (bicyclic) bond motifs is 1. The fourth-order valence-corrected chi connectivity index (χ4v) is 2.76. The number of benzene rings is 1. The van der Waals surface area contributed by atoms with Crippen LogP contribution in [0.1, 0.15) is 57.1 Å². The molecule has 1 aromatic heterocycles. The van der Waals surface area contributed by atoms with E-state index in [-0.39, 0.29) is 0 Å². The summed E-state index contributed by atoms with van der Waals surface area (Å²) in [5, 5.41) is 1.23. The topological polar surface area (TPSA) is 38.9 Å². The van der Waals surface area contributed by atoms with Gasteiger partial charge in [0.1, 0.15) is 0 Å². The van der Waals surface area contributed by atoms with Gasteiger partial charge >= 0.3 is 0 Å². The average Bonchev–Trinajstić information content (AvgIpc) is 2.53. The third-order valence-electron chi connectivity index (χ3n) is 4.04. The van der Waals surface area contributed by atoms with E-state index in [1.807, 2.05) is 0 Å². The van der Waals surface area contributed by atoms with E-state index in [9.17, 15) is 0 Å². The number of hydrogen-bond donors (Lipinski definition) is 1. The fraction of sp³-hybridized carbons (Fsp3) is 0.526. The Morgan fingerprint density at radius 2 is 1.38 bits per heavy atom. The Kier molecular flexibility index (Phi) is 7.23. The van der Waals surface area contributed by atoms with Gasteiger partial charge in [0.2, 0.25) is 0 Å². The molecular weight excluding hydrogens is 256 g/mol. The Bertz CT molecular complexity index is 522. The number of aromatic nitrogens is 1. The zero-order chi connectivity index (χ0) is 14.8. The summed E-state index contributed by atoms with van der Waals surface area (Å²) in [6.07, 6.45) is 11.6. The van der Waals surface area contributed by atoms with E-state index in [0.717, 1.165) is 18.5 Å². The maximum absolute atomic E-state index is 5.49. The van der Waals surface area contributed by atoms with Crippen LogP contribution in [-0.2, 0) is 6.42 Å². The van der Waals surface area contributed by atoms with Crippen molar-refractivity contribution in [2.75, 3.05) is 6.54 Å². The number of hydrogen-bond acceptors (Lipinski definition) is 2. The van der Waals surface area contributed by atoms with Crippen LogP contribution in [0.4, 0.5) is 0 Å². The van der Waals surface area contributed by atoms with Crippen molar-refractivity contribution >= 4 is 10.9 Å². The first-order valence-electron chi connectivity index (χ1n) is 8.45. The van der Waals surface area contributed by atoms with E-state index >= 15 is 0 Å². The summed E-state index contributed by atoms with van der Waals surface area (Å²) in [5.74, 6) is 0. The summed E-state index contributed by atoms with van der Waals surface area (Å²) in [7, 11) is 0. The van der Waals surface area contributed by atoms with E-state index in [1.165, 1.54) is 62.4 Å². The molecule has 2 aromatic rings. The summed E-state index contributed by atoms with van der Waals surface area (Å²) < 4.78 is 0. The molecule has 0 bridgehead atoms. The van der Waals surface area contributed by atoms with Crippen molar-refractivity contribution < 1.29 is 0 Å². The normalized spacial score (nSPS) is 11.1. The zero-order valence-electron chi connectivity index (χ0n) is 13.1. The van der Waals surface area contributed by atoms with Gasteiger partial charge in [0, 0.05) is 11.1 Å². The van der Waals surface area contributed by atoms with E-state index in [4.69, 9.17) is 10.7 Å². The van der Waals surface area contributed by atoms with Crippen LogP contribution in [-0.4, -0.2) is 11.5 Å². The highest BCUT2D eigenvalue weighted by molar-refractivity contribution is 5.78. The molecule has 0 spiro atoms. The molecular formula is C19H28N2. The van der Waals surface area contributed by atoms with Crippen LogP contribution < -0.4 is 5.73 Å². The summed E-state index contributed by atoms with van der Waals surface area (Å²) in [4.78, 5) is 4.73. The number of aryl methyl sites for hydroxylation is 1. The smallest absolute Gasteiger partial charge is 0.0705 e. The van der Waals surface area contributed by atoms with E-state index in [1.54, 1.807) is 0 Å². The minimum Gasteiger partial charge on any atom is -0.330 e. The Hall–Kier alpha value is -1.41. The fourth-order valence-electron chi connectivity index (χ4n) is 2.76. The van der Waals surface area contributed by atoms with Gasteiger partial charge < -0.3 is 5.73 Å². The van der Waals surface area contributed by atoms with E-state index in [2.05, 4.69) is 36.4 Å². The maximum Gasteiger partial charge on any atom is 0.0705 e. The highest BCUT2D eigenvalue weighted by Gasteiger charge is 1.98. The summed E-state index contributed by atoms with van der Waals surface area (Å²) in [6, 6.07) is 12.7. The SMILES string of the molecule is NCCCCCCCCCCc1ccc2ccccc2n1. The lowest BCUT2D eigenvalue weighted by molar-refractivity contribution is 0.568. The molecule has 2 N–H and O–H groups in total. The van der Waals surface area contributed by atoms with Crippen molar-refractivity contribution in [2.45, 2.75) is 57.8 Å². The molecule has 2 nitrogen and oxygen atoms in total. The van der Waals surface area contributed by atoms with Crippen molar-refractivity contribution in [3.05, 3.63) is 42.1 Å². The number of unbranched alkanes of at least 4 members (excludes halogenated alkanes) is 7. The lowest BCUT2D eigenvalue weighted by atomic mass is 10.1. The number of rotatable bonds is 10. The second-order valence-electron chi connectivity index (χ2n) is 5.86. The molecule has 0 atom stereocenters. The number of pyridine rings is 1. The Morgan fingerprint density at radius 3 is 2.14 bits per heavy atom. The quantitative estimate of drug-likeness (QED) is 0.633. The van der Waals surface area contributed by atoms with Gasteiger partial charge in [0.15, 0.2) is 0 Å². The number of nitrogens with zero attached hydrogens (tertiary/aromatic N) is 1. The Morgan fingerprint density at radius 1 is 0.714 bits per heavy atom. The van der Waals surface area contributed by atoms with Crippen LogP contribution in [0, 0.1) is 0 Å². The third kappa shape index (κ3) is 5.84. The highest BCUT2D eigenvalue weighted by Crippen LogP contribution is 2.14. The van der Waals surface area contributed by atoms with Gasteiger partial charge in [0.05, 0.1) is 5.52 Å². The van der Waals surface area contributed by atoms with Crippen molar-refractivity contribution in [3.63, 3.8) is 0 Å². The van der Waals surface area contributed by atoms with Crippen molar-refractivity contribution in [3.8, 4) is 0 Å². The number of nitrogens with two attached hydrogens (primary N) is 1. The standard InChI is InChI=1S/C19H28N2/c20-16-10-6-4-2-1-3-5-7-12-18-15-14-17-11-8-9-13-19(17)21-18/h8-9,11,13-15H,1-7,10,12,16,20H2. The Balaban J connectivity index is 1.59. The molecule has 0 saturated heterocycles. The van der Waals surface area contributed by atoms with Gasteiger partial charge in [-0.15, -0.1) is 0 Å². The van der Waals surface area contributed by atoms with Gasteiger partial charge in [-0.2, -0.15) is 0 Å². The van der Waals surface area contributed by atoms with Gasteiger partial charge in [-0.25, -0.2) is 0 Å². The minimum atomic E-state index is 0.846. The molecule has 0 aliphatic carbocycles. The van der Waals surface area contributed by atoms with E-state index < -0.39 is 0 Å². The summed E-state index contributed by atoms with van der Waals surface area (Å²) in [6.45, 7) is 0.846. The molecule has 1 heterocycles. The molecule has 2 heteroatoms. The van der Waals surface area contributed by atoms with Crippen molar-refractivity contribution in [1.82, 2.24) is 4.98 Å². The molecule has 0 radical (unpaired) electrons. The number of para-hydroxylation sites is 1. The molecule has 0 aliphatic rings. The predicted octanol–water partition coefficient (Wildman–Crippen LogP) is 4.86. The minimum absolute atomic E-state index is 0.846. The van der Waals surface area contributed by atoms with Crippen molar-refractivity contribution in [2.24, 2.45) is 5.73 Å². The van der Waals surface area contributed by atoms with Crippen LogP contribution in [0.15, 0.2) is 36.4 Å². The van der Waals surface area contributed by atoms with Crippen LogP contribution in [0.5, 0.6) is 0 Å². The first-order chi connectivity index (χ1) is 10.4. The lowest BCUT2D eigenvalue weighted by Crippen LogP contribution is -1.97. The summed E-state index contributed by atoms with van der Waals surface area (Å²) in [5.41, 5.74) is 7.85. The predicted molar refractivity (Wildman–Crippen MR) is 91.4 cm³/mol. The molecule has 0 amide bonds. The summed E-state index contributed by atoms with van der Waals surface area (Å²) >= 11 is 0. The van der Waals surface area contributed by atoms with Crippen LogP contribution in [0.2, 0.25) is 0 Å². The molecule has 0 aliphatic heterocycles. The van der Waals surface area contributed by atoms with E-state index in [0.29, 0.717) is 0 Å². The van der Waals surface area contributed by atoms with Gasteiger partial charge in [0.25, 0.3) is 0 Å². The molecule has 0 saturated carbocycles. The average molecular weight is 284 g/mol. The molecule has 0 fully saturated rings. The molecule has 114 valence electrons. The molecule has 21 heavy (non-hydrogen) atoms. The largest absolute Gasteiger partial charge is 0.330 e. The first-order valence-corrected chi connectivity index (χ1v) is 8.45. The van der Waals surface area contributed by atoms with Crippen LogP contribution >= 0.6 is 0 Å².